The number of nitrogens with one attached hydrogen (secondary N) is 1. The number of carbonyl (C=O) groups is 2. The van der Waals surface area contributed by atoms with E-state index in [0.717, 1.165) is 31.2 Å². The molecule has 11 nitrogen and oxygen atoms in total. The smallest absolute Gasteiger partial charge is 0.247 e. The highest BCUT2D eigenvalue weighted by Gasteiger charge is 2.41. The van der Waals surface area contributed by atoms with E-state index in [1.165, 1.54) is 39.2 Å². The van der Waals surface area contributed by atoms with Gasteiger partial charge in [0.2, 0.25) is 11.8 Å². The van der Waals surface area contributed by atoms with Crippen LogP contribution in [0.25, 0.3) is 0 Å². The van der Waals surface area contributed by atoms with E-state index in [2.05, 4.69) is 34.8 Å². The highest BCUT2D eigenvalue weighted by molar-refractivity contribution is 14.1. The number of rotatable bonds is 23. The van der Waals surface area contributed by atoms with Crippen LogP contribution in [0.2, 0.25) is 0 Å². The van der Waals surface area contributed by atoms with E-state index in [1.807, 2.05) is 18.2 Å². The normalized spacial score (nSPS) is 17.0. The van der Waals surface area contributed by atoms with Crippen LogP contribution in [0.1, 0.15) is 88.7 Å². The maximum atomic E-state index is 14.2. The van der Waals surface area contributed by atoms with Crippen molar-refractivity contribution in [3.05, 3.63) is 56.7 Å². The van der Waals surface area contributed by atoms with Crippen molar-refractivity contribution in [1.82, 2.24) is 10.2 Å². The predicted octanol–water partition coefficient (Wildman–Crippen LogP) is 5.72. The Morgan fingerprint density at radius 3 is 2.24 bits per heavy atom. The lowest BCUT2D eigenvalue weighted by atomic mass is 9.87. The largest absolute Gasteiger partial charge is 0.497 e. The maximum absolute atomic E-state index is 14.2. The summed E-state index contributed by atoms with van der Waals surface area (Å²) < 4.78 is 23.7. The number of amides is 2. The molecule has 0 spiro atoms. The van der Waals surface area contributed by atoms with E-state index in [4.69, 9.17) is 18.9 Å². The summed E-state index contributed by atoms with van der Waals surface area (Å²) in [5.74, 6) is 1.51. The average molecular weight is 825 g/mol. The molecule has 3 rings (SSSR count). The minimum atomic E-state index is -1.20. The molecule has 0 saturated heterocycles. The summed E-state index contributed by atoms with van der Waals surface area (Å²) in [5.41, 5.74) is 1.81. The fraction of sp³-hybridized carbons (Fsp3) is 0.590. The number of halogens is 1. The highest BCUT2D eigenvalue weighted by atomic mass is 127. The second kappa shape index (κ2) is 22.8. The Hall–Kier alpha value is -3.07. The van der Waals surface area contributed by atoms with E-state index in [9.17, 15) is 24.9 Å². The molecule has 0 aliphatic heterocycles. The standard InChI is InChI=1S/C39H57IN2O9/c1-5-6-7-8-9-10-11-12-13-14-36(45)42(19-17-28-23-30(48-2)15-16-33(28)49-3)32-24-29(39(47)41-18-20-43)25-34(37(32)46)51-38-31(40)21-27(26-44)22-35(38)50-4/h15-16,21-23,25,32,34,37,43-44,46H,5-14,17-20,24,26H2,1-4H3,(H,41,47). The highest BCUT2D eigenvalue weighted by Crippen LogP contribution is 2.37. The topological polar surface area (TPSA) is 147 Å². The van der Waals surface area contributed by atoms with Gasteiger partial charge in [-0.2, -0.15) is 0 Å². The number of nitrogens with zero attached hydrogens (tertiary/aromatic N) is 1. The number of hydrogen-bond donors (Lipinski definition) is 4. The van der Waals surface area contributed by atoms with E-state index < -0.39 is 24.2 Å². The minimum absolute atomic E-state index is 0.0557. The van der Waals surface area contributed by atoms with Crippen LogP contribution in [-0.4, -0.2) is 91.3 Å². The summed E-state index contributed by atoms with van der Waals surface area (Å²) in [6.07, 6.45) is 10.3. The first-order valence-corrected chi connectivity index (χ1v) is 19.2. The molecule has 0 bridgehead atoms. The van der Waals surface area contributed by atoms with Gasteiger partial charge in [0.1, 0.15) is 23.7 Å². The predicted molar refractivity (Wildman–Crippen MR) is 205 cm³/mol. The van der Waals surface area contributed by atoms with Crippen LogP contribution in [0.5, 0.6) is 23.0 Å². The number of hydrogen-bond acceptors (Lipinski definition) is 9. The van der Waals surface area contributed by atoms with Crippen LogP contribution in [0, 0.1) is 3.57 Å². The van der Waals surface area contributed by atoms with Crippen molar-refractivity contribution >= 4 is 34.4 Å². The molecule has 0 heterocycles. The molecule has 3 unspecified atom stereocenters. The van der Waals surface area contributed by atoms with Crippen molar-refractivity contribution < 1.29 is 43.9 Å². The average Bonchev–Trinajstić information content (AvgIpc) is 3.14. The summed E-state index contributed by atoms with van der Waals surface area (Å²) in [5, 5.41) is 33.8. The van der Waals surface area contributed by atoms with Crippen molar-refractivity contribution in [3.8, 4) is 23.0 Å². The lowest BCUT2D eigenvalue weighted by Crippen LogP contribution is -2.55. The van der Waals surface area contributed by atoms with Crippen molar-refractivity contribution in [1.29, 1.82) is 0 Å². The summed E-state index contributed by atoms with van der Waals surface area (Å²) >= 11 is 2.08. The summed E-state index contributed by atoms with van der Waals surface area (Å²) in [4.78, 5) is 29.2. The molecule has 284 valence electrons. The maximum Gasteiger partial charge on any atom is 0.247 e. The zero-order valence-electron chi connectivity index (χ0n) is 30.6. The number of benzene rings is 2. The second-order valence-corrected chi connectivity index (χ2v) is 14.0. The number of aliphatic hydroxyl groups excluding tert-OH is 3. The van der Waals surface area contributed by atoms with Gasteiger partial charge in [-0.15, -0.1) is 0 Å². The molecule has 0 fully saturated rings. The van der Waals surface area contributed by atoms with Gasteiger partial charge in [-0.3, -0.25) is 9.59 Å². The van der Waals surface area contributed by atoms with Crippen molar-refractivity contribution in [2.75, 3.05) is 41.0 Å². The van der Waals surface area contributed by atoms with Crippen molar-refractivity contribution in [2.45, 2.75) is 109 Å². The molecule has 51 heavy (non-hydrogen) atoms. The quantitative estimate of drug-likeness (QED) is 0.0817. The molecule has 1 aliphatic carbocycles. The van der Waals surface area contributed by atoms with Crippen LogP contribution in [0.4, 0.5) is 0 Å². The number of ether oxygens (including phenoxy) is 4. The van der Waals surface area contributed by atoms with Gasteiger partial charge in [0, 0.05) is 31.5 Å². The van der Waals surface area contributed by atoms with E-state index in [1.54, 1.807) is 37.3 Å². The molecule has 12 heteroatoms. The molecule has 0 aromatic heterocycles. The monoisotopic (exact) mass is 824 g/mol. The Labute approximate surface area is 316 Å². The van der Waals surface area contributed by atoms with Crippen LogP contribution in [0.3, 0.4) is 0 Å². The Morgan fingerprint density at radius 1 is 0.922 bits per heavy atom. The Bertz CT molecular complexity index is 1420. The third-order valence-corrected chi connectivity index (χ3v) is 10.1. The first-order chi connectivity index (χ1) is 24.7. The molecule has 0 radical (unpaired) electrons. The summed E-state index contributed by atoms with van der Waals surface area (Å²) in [7, 11) is 4.67. The Kier molecular flexibility index (Phi) is 18.9. The lowest BCUT2D eigenvalue weighted by Gasteiger charge is -2.41. The fourth-order valence-corrected chi connectivity index (χ4v) is 7.21. The van der Waals surface area contributed by atoms with Crippen molar-refractivity contribution in [2.24, 2.45) is 0 Å². The fourth-order valence-electron chi connectivity index (χ4n) is 6.42. The summed E-state index contributed by atoms with van der Waals surface area (Å²) in [6, 6.07) is 8.14. The molecule has 2 aromatic carbocycles. The van der Waals surface area contributed by atoms with Crippen LogP contribution in [-0.2, 0) is 22.6 Å². The van der Waals surface area contributed by atoms with E-state index >= 15 is 0 Å². The van der Waals surface area contributed by atoms with Gasteiger partial charge in [-0.25, -0.2) is 0 Å². The van der Waals surface area contributed by atoms with Crippen LogP contribution < -0.4 is 24.3 Å². The molecular formula is C39H57IN2O9. The Morgan fingerprint density at radius 2 is 1.61 bits per heavy atom. The molecule has 2 aromatic rings. The van der Waals surface area contributed by atoms with Gasteiger partial charge >= 0.3 is 0 Å². The second-order valence-electron chi connectivity index (χ2n) is 12.9. The molecular weight excluding hydrogens is 767 g/mol. The Balaban J connectivity index is 1.92. The van der Waals surface area contributed by atoms with Crippen molar-refractivity contribution in [3.63, 3.8) is 0 Å². The van der Waals surface area contributed by atoms with Gasteiger partial charge in [0.05, 0.1) is 44.2 Å². The zero-order valence-corrected chi connectivity index (χ0v) is 32.8. The number of aliphatic hydroxyl groups is 3. The van der Waals surface area contributed by atoms with Gasteiger partial charge in [0.15, 0.2) is 11.5 Å². The number of carbonyl (C=O) groups excluding carboxylic acids is 2. The molecule has 2 amide bonds. The van der Waals surface area contributed by atoms with Gasteiger partial charge in [0.25, 0.3) is 0 Å². The minimum Gasteiger partial charge on any atom is -0.497 e. The van der Waals surface area contributed by atoms with Gasteiger partial charge in [-0.05, 0) is 83.0 Å². The number of unbranched alkanes of at least 4 members (excludes halogenated alkanes) is 8. The molecule has 0 saturated carbocycles. The first-order valence-electron chi connectivity index (χ1n) is 18.1. The summed E-state index contributed by atoms with van der Waals surface area (Å²) in [6.45, 7) is 2.10. The molecule has 3 atom stereocenters. The van der Waals surface area contributed by atoms with Gasteiger partial charge < -0.3 is 44.5 Å². The zero-order chi connectivity index (χ0) is 37.2. The SMILES string of the molecule is CCCCCCCCCCCC(=O)N(CCc1cc(OC)ccc1OC)C1CC(C(=O)NCCO)=CC(Oc2c(I)cc(CO)cc2OC)C1O. The van der Waals surface area contributed by atoms with Crippen LogP contribution >= 0.6 is 22.6 Å². The van der Waals surface area contributed by atoms with E-state index in [0.29, 0.717) is 50.5 Å². The third kappa shape index (κ3) is 12.8. The molecule has 1 aliphatic rings. The first kappa shape index (κ1) is 42.3. The number of methoxy groups -OCH3 is 3. The molecule has 4 N–H and O–H groups in total. The lowest BCUT2D eigenvalue weighted by molar-refractivity contribution is -0.138. The third-order valence-electron chi connectivity index (χ3n) is 9.26. The van der Waals surface area contributed by atoms with Crippen LogP contribution in [0.15, 0.2) is 42.0 Å². The van der Waals surface area contributed by atoms with Gasteiger partial charge in [-0.1, -0.05) is 58.3 Å². The van der Waals surface area contributed by atoms with E-state index in [-0.39, 0.29) is 38.6 Å².